The molecule has 3 nitrogen and oxygen atoms in total. The molecule has 1 fully saturated rings. The highest BCUT2D eigenvalue weighted by atomic mass is 16.5. The SMILES string of the molecule is COC1CC1C([NH])=O. The fourth-order valence-electron chi connectivity index (χ4n) is 0.708. The molecule has 0 saturated heterocycles. The zero-order valence-corrected chi connectivity index (χ0v) is 4.68. The lowest BCUT2D eigenvalue weighted by Crippen LogP contribution is -2.04. The largest absolute Gasteiger partial charge is 0.381 e. The van der Waals surface area contributed by atoms with Gasteiger partial charge in [-0.3, -0.25) is 10.5 Å². The van der Waals surface area contributed by atoms with Gasteiger partial charge in [0.1, 0.15) is 0 Å². The van der Waals surface area contributed by atoms with Crippen LogP contribution in [0.1, 0.15) is 6.42 Å². The average molecular weight is 114 g/mol. The van der Waals surface area contributed by atoms with Gasteiger partial charge in [-0.15, -0.1) is 0 Å². The summed E-state index contributed by atoms with van der Waals surface area (Å²) in [5, 5.41) is 0. The van der Waals surface area contributed by atoms with Crippen LogP contribution in [-0.2, 0) is 9.53 Å². The van der Waals surface area contributed by atoms with Gasteiger partial charge < -0.3 is 4.74 Å². The van der Waals surface area contributed by atoms with Crippen molar-refractivity contribution in [2.45, 2.75) is 12.5 Å². The van der Waals surface area contributed by atoms with Crippen molar-refractivity contribution in [2.75, 3.05) is 7.11 Å². The molecule has 1 aliphatic carbocycles. The quantitative estimate of drug-likeness (QED) is 0.500. The summed E-state index contributed by atoms with van der Waals surface area (Å²) < 4.78 is 4.79. The topological polar surface area (TPSA) is 50.1 Å². The Kier molecular flexibility index (Phi) is 1.21. The van der Waals surface area contributed by atoms with Gasteiger partial charge in [0.05, 0.1) is 12.0 Å². The van der Waals surface area contributed by atoms with Crippen molar-refractivity contribution >= 4 is 5.91 Å². The number of ether oxygens (including phenoxy) is 1. The Labute approximate surface area is 47.8 Å². The molecule has 1 radical (unpaired) electrons. The van der Waals surface area contributed by atoms with Crippen molar-refractivity contribution in [3.05, 3.63) is 0 Å². The number of rotatable bonds is 2. The molecule has 1 aliphatic rings. The molecular formula is C5H8NO2. The van der Waals surface area contributed by atoms with E-state index in [4.69, 9.17) is 10.5 Å². The first-order valence-corrected chi connectivity index (χ1v) is 2.54. The van der Waals surface area contributed by atoms with Crippen LogP contribution in [0, 0.1) is 5.92 Å². The summed E-state index contributed by atoms with van der Waals surface area (Å²) in [6, 6.07) is 0. The first-order valence-electron chi connectivity index (χ1n) is 2.54. The Balaban J connectivity index is 2.26. The average Bonchev–Trinajstić information content (AvgIpc) is 2.42. The normalized spacial score (nSPS) is 34.6. The summed E-state index contributed by atoms with van der Waals surface area (Å²) in [6.07, 6.45) is 0.804. The van der Waals surface area contributed by atoms with Gasteiger partial charge >= 0.3 is 0 Å². The van der Waals surface area contributed by atoms with Crippen LogP contribution in [0.15, 0.2) is 0 Å². The lowest BCUT2D eigenvalue weighted by atomic mass is 10.4. The number of amides is 1. The Morgan fingerprint density at radius 2 is 2.50 bits per heavy atom. The first kappa shape index (κ1) is 5.56. The summed E-state index contributed by atoms with van der Waals surface area (Å²) in [5.74, 6) is -0.600. The lowest BCUT2D eigenvalue weighted by molar-refractivity contribution is -0.120. The molecule has 8 heavy (non-hydrogen) atoms. The van der Waals surface area contributed by atoms with E-state index in [1.54, 1.807) is 7.11 Å². The number of nitrogens with one attached hydrogen (secondary N) is 1. The zero-order chi connectivity index (χ0) is 6.15. The molecule has 0 aromatic heterocycles. The maximum atomic E-state index is 10.2. The monoisotopic (exact) mass is 114 g/mol. The van der Waals surface area contributed by atoms with Gasteiger partial charge in [0.15, 0.2) is 0 Å². The van der Waals surface area contributed by atoms with E-state index in [1.807, 2.05) is 0 Å². The third-order valence-corrected chi connectivity index (χ3v) is 1.37. The molecule has 0 spiro atoms. The molecule has 0 heterocycles. The van der Waals surface area contributed by atoms with E-state index >= 15 is 0 Å². The summed E-state index contributed by atoms with van der Waals surface area (Å²) >= 11 is 0. The van der Waals surface area contributed by atoms with Crippen molar-refractivity contribution in [1.82, 2.24) is 5.73 Å². The standard InChI is InChI=1S/C5H8NO2/c1-8-4-2-3(4)5(6)7/h3-4,6H,2H2,1H3. The van der Waals surface area contributed by atoms with Crippen LogP contribution < -0.4 is 5.73 Å². The van der Waals surface area contributed by atoms with E-state index in [0.717, 1.165) is 6.42 Å². The van der Waals surface area contributed by atoms with Crippen LogP contribution in [0.5, 0.6) is 0 Å². The minimum absolute atomic E-state index is 0.0556. The molecule has 0 aliphatic heterocycles. The van der Waals surface area contributed by atoms with Gasteiger partial charge in [-0.25, -0.2) is 0 Å². The number of hydrogen-bond donors (Lipinski definition) is 0. The minimum atomic E-state index is -0.489. The molecule has 0 bridgehead atoms. The smallest absolute Gasteiger partial charge is 0.244 e. The molecule has 1 amide bonds. The second-order valence-electron chi connectivity index (χ2n) is 1.98. The van der Waals surface area contributed by atoms with Gasteiger partial charge in [-0.05, 0) is 6.42 Å². The molecular weight excluding hydrogens is 106 g/mol. The summed E-state index contributed by atoms with van der Waals surface area (Å²) in [4.78, 5) is 10.2. The highest BCUT2D eigenvalue weighted by Crippen LogP contribution is 2.32. The van der Waals surface area contributed by atoms with E-state index in [2.05, 4.69) is 0 Å². The van der Waals surface area contributed by atoms with Crippen LogP contribution in [-0.4, -0.2) is 19.1 Å². The maximum Gasteiger partial charge on any atom is 0.244 e. The molecule has 2 unspecified atom stereocenters. The highest BCUT2D eigenvalue weighted by Gasteiger charge is 2.42. The fraction of sp³-hybridized carbons (Fsp3) is 0.800. The van der Waals surface area contributed by atoms with Crippen LogP contribution in [0.3, 0.4) is 0 Å². The van der Waals surface area contributed by atoms with E-state index in [-0.39, 0.29) is 12.0 Å². The Bertz CT molecular complexity index is 113. The van der Waals surface area contributed by atoms with Crippen LogP contribution in [0.4, 0.5) is 0 Å². The number of methoxy groups -OCH3 is 1. The summed E-state index contributed by atoms with van der Waals surface area (Å²) in [7, 11) is 1.56. The number of carbonyl (C=O) groups excluding carboxylic acids is 1. The van der Waals surface area contributed by atoms with Crippen LogP contribution in [0.2, 0.25) is 0 Å². The van der Waals surface area contributed by atoms with Gasteiger partial charge in [0.2, 0.25) is 5.91 Å². The van der Waals surface area contributed by atoms with Crippen molar-refractivity contribution in [1.29, 1.82) is 0 Å². The van der Waals surface area contributed by atoms with Gasteiger partial charge in [0, 0.05) is 7.11 Å². The minimum Gasteiger partial charge on any atom is -0.381 e. The third-order valence-electron chi connectivity index (χ3n) is 1.37. The van der Waals surface area contributed by atoms with Crippen molar-refractivity contribution in [2.24, 2.45) is 5.92 Å². The number of hydrogen-bond acceptors (Lipinski definition) is 2. The lowest BCUT2D eigenvalue weighted by Gasteiger charge is -1.87. The van der Waals surface area contributed by atoms with Gasteiger partial charge in [-0.1, -0.05) is 0 Å². The highest BCUT2D eigenvalue weighted by molar-refractivity contribution is 5.79. The molecule has 45 valence electrons. The third kappa shape index (κ3) is 0.816. The van der Waals surface area contributed by atoms with Gasteiger partial charge in [0.25, 0.3) is 0 Å². The second kappa shape index (κ2) is 1.74. The number of carbonyl (C=O) groups is 1. The van der Waals surface area contributed by atoms with Gasteiger partial charge in [-0.2, -0.15) is 0 Å². The van der Waals surface area contributed by atoms with Crippen molar-refractivity contribution in [3.63, 3.8) is 0 Å². The van der Waals surface area contributed by atoms with Crippen LogP contribution >= 0.6 is 0 Å². The molecule has 1 rings (SSSR count). The fourth-order valence-corrected chi connectivity index (χ4v) is 0.708. The van der Waals surface area contributed by atoms with Crippen molar-refractivity contribution in [3.8, 4) is 0 Å². The molecule has 1 N–H and O–H groups in total. The van der Waals surface area contributed by atoms with Crippen LogP contribution in [0.25, 0.3) is 0 Å². The summed E-state index contributed by atoms with van der Waals surface area (Å²) in [5.41, 5.74) is 6.61. The predicted octanol–water partition coefficient (Wildman–Crippen LogP) is -0.169. The Hall–Kier alpha value is -0.570. The Morgan fingerprint density at radius 1 is 1.88 bits per heavy atom. The maximum absolute atomic E-state index is 10.2. The Morgan fingerprint density at radius 3 is 2.62 bits per heavy atom. The molecule has 0 aromatic carbocycles. The molecule has 0 aromatic rings. The zero-order valence-electron chi connectivity index (χ0n) is 4.68. The molecule has 1 saturated carbocycles. The molecule has 3 heteroatoms. The van der Waals surface area contributed by atoms with Crippen molar-refractivity contribution < 1.29 is 9.53 Å². The predicted molar refractivity (Wildman–Crippen MR) is 27.0 cm³/mol. The second-order valence-corrected chi connectivity index (χ2v) is 1.98. The first-order chi connectivity index (χ1) is 3.75. The van der Waals surface area contributed by atoms with E-state index in [9.17, 15) is 4.79 Å². The van der Waals surface area contributed by atoms with E-state index in [1.165, 1.54) is 0 Å². The van der Waals surface area contributed by atoms with E-state index < -0.39 is 5.91 Å². The summed E-state index contributed by atoms with van der Waals surface area (Å²) in [6.45, 7) is 0. The van der Waals surface area contributed by atoms with E-state index in [0.29, 0.717) is 0 Å². The molecule has 2 atom stereocenters.